The Kier molecular flexibility index (Phi) is 3.01. The third kappa shape index (κ3) is 2.22. The molecular formula is C15H16N4. The fraction of sp³-hybridized carbons (Fsp3) is 0.200. The number of aryl methyl sites for hydroxylation is 1. The summed E-state index contributed by atoms with van der Waals surface area (Å²) < 4.78 is 1.81. The first-order valence-corrected chi connectivity index (χ1v) is 6.29. The first-order valence-electron chi connectivity index (χ1n) is 6.29. The van der Waals surface area contributed by atoms with Crippen LogP contribution in [0.3, 0.4) is 0 Å². The highest BCUT2D eigenvalue weighted by atomic mass is 15.2. The summed E-state index contributed by atoms with van der Waals surface area (Å²) in [6.07, 6.45) is 3.88. The van der Waals surface area contributed by atoms with E-state index >= 15 is 0 Å². The Morgan fingerprint density at radius 3 is 2.74 bits per heavy atom. The van der Waals surface area contributed by atoms with E-state index in [0.29, 0.717) is 0 Å². The summed E-state index contributed by atoms with van der Waals surface area (Å²) >= 11 is 0. The van der Waals surface area contributed by atoms with Gasteiger partial charge in [-0.2, -0.15) is 5.10 Å². The summed E-state index contributed by atoms with van der Waals surface area (Å²) in [5.74, 6) is 0. The van der Waals surface area contributed by atoms with Crippen LogP contribution in [0.5, 0.6) is 0 Å². The maximum atomic E-state index is 4.73. The Morgan fingerprint density at radius 2 is 2.00 bits per heavy atom. The van der Waals surface area contributed by atoms with Crippen molar-refractivity contribution in [2.75, 3.05) is 7.05 Å². The minimum Gasteiger partial charge on any atom is -0.308 e. The lowest BCUT2D eigenvalue weighted by atomic mass is 10.1. The highest BCUT2D eigenvalue weighted by molar-refractivity contribution is 5.78. The van der Waals surface area contributed by atoms with E-state index in [2.05, 4.69) is 28.6 Å². The van der Waals surface area contributed by atoms with E-state index in [-0.39, 0.29) is 6.04 Å². The molecule has 0 aliphatic carbocycles. The van der Waals surface area contributed by atoms with E-state index in [1.165, 1.54) is 0 Å². The number of para-hydroxylation sites is 1. The summed E-state index contributed by atoms with van der Waals surface area (Å²) in [4.78, 5) is 4.73. The number of nitrogens with one attached hydrogen (secondary N) is 1. The Bertz CT molecular complexity index is 702. The molecule has 2 aromatic heterocycles. The van der Waals surface area contributed by atoms with Crippen LogP contribution in [-0.4, -0.2) is 21.8 Å². The van der Waals surface area contributed by atoms with Crippen molar-refractivity contribution in [3.05, 3.63) is 60.0 Å². The van der Waals surface area contributed by atoms with E-state index < -0.39 is 0 Å². The molecule has 3 aromatic rings. The van der Waals surface area contributed by atoms with Gasteiger partial charge in [-0.3, -0.25) is 9.67 Å². The molecule has 0 spiro atoms. The standard InChI is InChI=1S/C15H16N4/c1-16-15(12-9-17-19(2)10-12)14-8-7-11-5-3-4-6-13(11)18-14/h3-10,15-16H,1-2H3. The maximum Gasteiger partial charge on any atom is 0.0780 e. The molecule has 1 unspecified atom stereocenters. The van der Waals surface area contributed by atoms with Crippen molar-refractivity contribution in [2.45, 2.75) is 6.04 Å². The highest BCUT2D eigenvalue weighted by Crippen LogP contribution is 2.22. The Balaban J connectivity index is 2.06. The molecule has 4 heteroatoms. The number of fused-ring (bicyclic) bond motifs is 1. The highest BCUT2D eigenvalue weighted by Gasteiger charge is 2.15. The monoisotopic (exact) mass is 252 g/mol. The van der Waals surface area contributed by atoms with Gasteiger partial charge in [-0.15, -0.1) is 0 Å². The molecule has 1 aromatic carbocycles. The smallest absolute Gasteiger partial charge is 0.0780 e. The second-order valence-corrected chi connectivity index (χ2v) is 4.60. The average molecular weight is 252 g/mol. The lowest BCUT2D eigenvalue weighted by Crippen LogP contribution is -2.18. The van der Waals surface area contributed by atoms with Gasteiger partial charge in [-0.05, 0) is 19.2 Å². The molecule has 3 rings (SSSR count). The van der Waals surface area contributed by atoms with Crippen molar-refractivity contribution in [1.82, 2.24) is 20.1 Å². The van der Waals surface area contributed by atoms with Crippen LogP contribution in [0.4, 0.5) is 0 Å². The molecule has 96 valence electrons. The van der Waals surface area contributed by atoms with E-state index in [1.54, 1.807) is 4.68 Å². The number of benzene rings is 1. The van der Waals surface area contributed by atoms with Crippen molar-refractivity contribution in [1.29, 1.82) is 0 Å². The molecule has 0 fully saturated rings. The van der Waals surface area contributed by atoms with E-state index in [4.69, 9.17) is 4.98 Å². The first kappa shape index (κ1) is 11.9. The second-order valence-electron chi connectivity index (χ2n) is 4.60. The maximum absolute atomic E-state index is 4.73. The van der Waals surface area contributed by atoms with Crippen LogP contribution in [0.2, 0.25) is 0 Å². The number of aromatic nitrogens is 3. The van der Waals surface area contributed by atoms with E-state index in [9.17, 15) is 0 Å². The van der Waals surface area contributed by atoms with Gasteiger partial charge in [0.25, 0.3) is 0 Å². The van der Waals surface area contributed by atoms with Crippen molar-refractivity contribution < 1.29 is 0 Å². The summed E-state index contributed by atoms with van der Waals surface area (Å²) in [6.45, 7) is 0. The fourth-order valence-corrected chi connectivity index (χ4v) is 2.32. The van der Waals surface area contributed by atoms with Gasteiger partial charge in [0.05, 0.1) is 23.4 Å². The number of nitrogens with zero attached hydrogens (tertiary/aromatic N) is 3. The average Bonchev–Trinajstić information content (AvgIpc) is 2.86. The van der Waals surface area contributed by atoms with Crippen LogP contribution < -0.4 is 5.32 Å². The van der Waals surface area contributed by atoms with Gasteiger partial charge in [-0.25, -0.2) is 0 Å². The molecule has 0 radical (unpaired) electrons. The zero-order chi connectivity index (χ0) is 13.2. The fourth-order valence-electron chi connectivity index (χ4n) is 2.32. The summed E-state index contributed by atoms with van der Waals surface area (Å²) in [5, 5.41) is 8.68. The molecule has 0 saturated heterocycles. The molecule has 0 amide bonds. The third-order valence-electron chi connectivity index (χ3n) is 3.26. The molecular weight excluding hydrogens is 236 g/mol. The van der Waals surface area contributed by atoms with Gasteiger partial charge in [0, 0.05) is 24.2 Å². The SMILES string of the molecule is CNC(c1cnn(C)c1)c1ccc2ccccc2n1. The third-order valence-corrected chi connectivity index (χ3v) is 3.26. The number of pyridine rings is 1. The Hall–Kier alpha value is -2.20. The zero-order valence-electron chi connectivity index (χ0n) is 11.0. The summed E-state index contributed by atoms with van der Waals surface area (Å²) in [5.41, 5.74) is 3.14. The van der Waals surface area contributed by atoms with Gasteiger partial charge in [-0.1, -0.05) is 24.3 Å². The second kappa shape index (κ2) is 4.82. The van der Waals surface area contributed by atoms with Crippen LogP contribution >= 0.6 is 0 Å². The lowest BCUT2D eigenvalue weighted by Gasteiger charge is -2.14. The van der Waals surface area contributed by atoms with Gasteiger partial charge in [0.2, 0.25) is 0 Å². The van der Waals surface area contributed by atoms with Crippen molar-refractivity contribution in [3.63, 3.8) is 0 Å². The minimum atomic E-state index is 0.0679. The number of hydrogen-bond donors (Lipinski definition) is 1. The van der Waals surface area contributed by atoms with Gasteiger partial charge in [0.15, 0.2) is 0 Å². The summed E-state index contributed by atoms with van der Waals surface area (Å²) in [6, 6.07) is 12.4. The first-order chi connectivity index (χ1) is 9.28. The van der Waals surface area contributed by atoms with Crippen LogP contribution in [-0.2, 0) is 7.05 Å². The van der Waals surface area contributed by atoms with Crippen molar-refractivity contribution >= 4 is 10.9 Å². The van der Waals surface area contributed by atoms with Crippen LogP contribution in [0, 0.1) is 0 Å². The quantitative estimate of drug-likeness (QED) is 0.777. The topological polar surface area (TPSA) is 42.7 Å². The molecule has 1 atom stereocenters. The van der Waals surface area contributed by atoms with Crippen LogP contribution in [0.25, 0.3) is 10.9 Å². The van der Waals surface area contributed by atoms with Gasteiger partial charge in [0.1, 0.15) is 0 Å². The molecule has 0 aliphatic rings. The van der Waals surface area contributed by atoms with Crippen LogP contribution in [0.15, 0.2) is 48.8 Å². The predicted octanol–water partition coefficient (Wildman–Crippen LogP) is 2.28. The number of hydrogen-bond acceptors (Lipinski definition) is 3. The van der Waals surface area contributed by atoms with Gasteiger partial charge < -0.3 is 5.32 Å². The molecule has 19 heavy (non-hydrogen) atoms. The Morgan fingerprint density at radius 1 is 1.16 bits per heavy atom. The van der Waals surface area contributed by atoms with Gasteiger partial charge >= 0.3 is 0 Å². The molecule has 0 bridgehead atoms. The molecule has 0 saturated carbocycles. The molecule has 4 nitrogen and oxygen atoms in total. The predicted molar refractivity (Wildman–Crippen MR) is 75.9 cm³/mol. The van der Waals surface area contributed by atoms with E-state index in [0.717, 1.165) is 22.2 Å². The van der Waals surface area contributed by atoms with Crippen molar-refractivity contribution in [3.8, 4) is 0 Å². The minimum absolute atomic E-state index is 0.0679. The Labute approximate surface area is 112 Å². The normalized spacial score (nSPS) is 12.7. The largest absolute Gasteiger partial charge is 0.308 e. The zero-order valence-corrected chi connectivity index (χ0v) is 11.0. The molecule has 1 N–H and O–H groups in total. The van der Waals surface area contributed by atoms with E-state index in [1.807, 2.05) is 44.7 Å². The summed E-state index contributed by atoms with van der Waals surface area (Å²) in [7, 11) is 3.86. The lowest BCUT2D eigenvalue weighted by molar-refractivity contribution is 0.672. The number of rotatable bonds is 3. The molecule has 2 heterocycles. The molecule has 0 aliphatic heterocycles. The van der Waals surface area contributed by atoms with Crippen molar-refractivity contribution in [2.24, 2.45) is 7.05 Å². The van der Waals surface area contributed by atoms with Crippen LogP contribution in [0.1, 0.15) is 17.3 Å².